The lowest BCUT2D eigenvalue weighted by Crippen LogP contribution is -2.56. The largest absolute Gasteiger partial charge is 0.497 e. The minimum atomic E-state index is -0.276. The molecule has 2 aromatic rings. The van der Waals surface area contributed by atoms with Gasteiger partial charge in [-0.25, -0.2) is 5.48 Å². The van der Waals surface area contributed by atoms with Gasteiger partial charge in [0.1, 0.15) is 11.9 Å². The van der Waals surface area contributed by atoms with Crippen LogP contribution in [0.15, 0.2) is 43.1 Å². The molecule has 0 spiro atoms. The third-order valence-electron chi connectivity index (χ3n) is 10.8. The number of ether oxygens (including phenoxy) is 1. The molecule has 7 aliphatic rings. The molecule has 6 bridgehead atoms. The van der Waals surface area contributed by atoms with Gasteiger partial charge >= 0.3 is 0 Å². The molecule has 1 N–H and O–H groups in total. The molecule has 1 amide bonds. The van der Waals surface area contributed by atoms with Crippen molar-refractivity contribution < 1.29 is 14.4 Å². The van der Waals surface area contributed by atoms with Crippen molar-refractivity contribution in [3.63, 3.8) is 0 Å². The van der Waals surface area contributed by atoms with Crippen molar-refractivity contribution in [1.29, 1.82) is 0 Å². The van der Waals surface area contributed by atoms with Crippen molar-refractivity contribution >= 4 is 16.8 Å². The van der Waals surface area contributed by atoms with E-state index in [1.807, 2.05) is 24.4 Å². The van der Waals surface area contributed by atoms with Crippen molar-refractivity contribution in [3.8, 4) is 5.75 Å². The summed E-state index contributed by atoms with van der Waals surface area (Å²) in [6, 6.07) is 8.26. The van der Waals surface area contributed by atoms with Gasteiger partial charge in [-0.05, 0) is 123 Å². The van der Waals surface area contributed by atoms with Crippen LogP contribution in [-0.4, -0.2) is 42.0 Å². The zero-order valence-electron chi connectivity index (χ0n) is 22.6. The quantitative estimate of drug-likeness (QED) is 0.354. The summed E-state index contributed by atoms with van der Waals surface area (Å²) in [5, 5.41) is 1.02. The molecule has 4 heterocycles. The number of rotatable bonds is 8. The number of hydrogen-bond acceptors (Lipinski definition) is 5. The summed E-state index contributed by atoms with van der Waals surface area (Å²) in [5.41, 5.74) is 5.17. The summed E-state index contributed by atoms with van der Waals surface area (Å²) in [6.07, 6.45) is 14.4. The molecular weight excluding hydrogens is 474 g/mol. The maximum absolute atomic E-state index is 13.5. The molecule has 7 fully saturated rings. The Morgan fingerprint density at radius 2 is 1.95 bits per heavy atom. The molecular formula is C32H41N3O3. The van der Waals surface area contributed by atoms with Gasteiger partial charge in [0.25, 0.3) is 0 Å². The summed E-state index contributed by atoms with van der Waals surface area (Å²) >= 11 is 0. The first-order valence-corrected chi connectivity index (χ1v) is 14.8. The monoisotopic (exact) mass is 515 g/mol. The van der Waals surface area contributed by atoms with Crippen LogP contribution in [0.4, 0.5) is 0 Å². The third-order valence-corrected chi connectivity index (χ3v) is 10.8. The molecule has 3 saturated heterocycles. The zero-order valence-corrected chi connectivity index (χ0v) is 22.6. The molecule has 4 saturated carbocycles. The minimum absolute atomic E-state index is 0.0489. The average molecular weight is 516 g/mol. The molecule has 202 valence electrons. The highest BCUT2D eigenvalue weighted by atomic mass is 16.7. The zero-order chi connectivity index (χ0) is 25.9. The predicted octanol–water partition coefficient (Wildman–Crippen LogP) is 5.84. The van der Waals surface area contributed by atoms with Crippen LogP contribution in [0, 0.1) is 35.0 Å². The lowest BCUT2D eigenvalue weighted by molar-refractivity contribution is -0.155. The van der Waals surface area contributed by atoms with Crippen LogP contribution >= 0.6 is 0 Å². The van der Waals surface area contributed by atoms with Crippen LogP contribution in [0.3, 0.4) is 0 Å². The molecule has 38 heavy (non-hydrogen) atoms. The molecule has 1 unspecified atom stereocenters. The van der Waals surface area contributed by atoms with E-state index >= 15 is 0 Å². The first-order chi connectivity index (χ1) is 18.5. The van der Waals surface area contributed by atoms with Crippen LogP contribution in [0.1, 0.15) is 69.5 Å². The van der Waals surface area contributed by atoms with Gasteiger partial charge in [-0.3, -0.25) is 19.5 Å². The van der Waals surface area contributed by atoms with Crippen LogP contribution < -0.4 is 10.2 Å². The number of hydroxylamine groups is 1. The van der Waals surface area contributed by atoms with E-state index in [-0.39, 0.29) is 23.5 Å². The van der Waals surface area contributed by atoms with Crippen LogP contribution in [0.25, 0.3) is 10.9 Å². The van der Waals surface area contributed by atoms with Crippen molar-refractivity contribution in [3.05, 3.63) is 48.7 Å². The molecule has 6 nitrogen and oxygen atoms in total. The number of methoxy groups -OCH3 is 1. The Hall–Kier alpha value is -2.44. The van der Waals surface area contributed by atoms with E-state index in [1.54, 1.807) is 7.11 Å². The lowest BCUT2D eigenvalue weighted by atomic mass is 9.49. The number of carbonyl (C=O) groups is 1. The summed E-state index contributed by atoms with van der Waals surface area (Å²) in [7, 11) is 1.69. The van der Waals surface area contributed by atoms with Crippen molar-refractivity contribution in [1.82, 2.24) is 15.4 Å². The Balaban J connectivity index is 1.15. The van der Waals surface area contributed by atoms with Gasteiger partial charge in [0.05, 0.1) is 12.6 Å². The molecule has 5 atom stereocenters. The number of nitrogens with zero attached hydrogens (tertiary/aromatic N) is 2. The Morgan fingerprint density at radius 3 is 2.61 bits per heavy atom. The van der Waals surface area contributed by atoms with E-state index in [0.717, 1.165) is 59.5 Å². The minimum Gasteiger partial charge on any atom is -0.497 e. The standard InChI is InChI=1S/C32H41N3O3/c1-3-23-19-35-9-7-24(23)13-29(35)31(26-6-8-33-28-5-4-25(37-2)14-27(26)28)38-34-30(36)18-32-15-20-10-21(16-32)12-22(11-20)17-32/h3-6,8,14,20-24,29,31H,1,7,9-13,15-19H2,2H3,(H,34,36)/t20?,21?,22?,23-,24-,29+,31-,32?/m0/s1. The number of fused-ring (bicyclic) bond motifs is 4. The average Bonchev–Trinajstić information content (AvgIpc) is 2.92. The molecule has 1 aromatic heterocycles. The number of amides is 1. The molecule has 9 rings (SSSR count). The SMILES string of the molecule is C=C[C@H]1CN2CC[C@H]1C[C@@H]2[C@@H](ONC(=O)CC12CC3CC(CC(C3)C1)C2)c1ccnc2ccc(OC)cc12. The van der Waals surface area contributed by atoms with Gasteiger partial charge in [-0.1, -0.05) is 6.08 Å². The summed E-state index contributed by atoms with van der Waals surface area (Å²) in [6.45, 7) is 6.17. The summed E-state index contributed by atoms with van der Waals surface area (Å²) in [4.78, 5) is 27.1. The fraction of sp³-hybridized carbons (Fsp3) is 0.625. The van der Waals surface area contributed by atoms with Gasteiger partial charge < -0.3 is 4.74 Å². The number of pyridine rings is 1. The molecule has 3 aliphatic heterocycles. The molecule has 0 radical (unpaired) electrons. The van der Waals surface area contributed by atoms with E-state index in [1.165, 1.54) is 44.9 Å². The fourth-order valence-corrected chi connectivity index (χ4v) is 9.58. The van der Waals surface area contributed by atoms with E-state index in [0.29, 0.717) is 18.3 Å². The number of carbonyl (C=O) groups excluding carboxylic acids is 1. The maximum Gasteiger partial charge on any atom is 0.244 e. The molecule has 4 aliphatic carbocycles. The van der Waals surface area contributed by atoms with Crippen LogP contribution in [0.2, 0.25) is 0 Å². The highest BCUT2D eigenvalue weighted by Crippen LogP contribution is 2.61. The highest BCUT2D eigenvalue weighted by Gasteiger charge is 2.51. The number of nitrogens with one attached hydrogen (secondary N) is 1. The topological polar surface area (TPSA) is 63.7 Å². The van der Waals surface area contributed by atoms with Gasteiger partial charge in [0.2, 0.25) is 5.91 Å². The Bertz CT molecular complexity index is 1190. The van der Waals surface area contributed by atoms with E-state index in [2.05, 4.69) is 34.1 Å². The Kier molecular flexibility index (Phi) is 6.23. The fourth-order valence-electron chi connectivity index (χ4n) is 9.58. The normalized spacial score (nSPS) is 37.8. The van der Waals surface area contributed by atoms with Gasteiger partial charge in [0, 0.05) is 30.6 Å². The van der Waals surface area contributed by atoms with Crippen molar-refractivity contribution in [2.24, 2.45) is 35.0 Å². The molecule has 1 aromatic carbocycles. The van der Waals surface area contributed by atoms with Crippen molar-refractivity contribution in [2.75, 3.05) is 20.2 Å². The number of hydrogen-bond donors (Lipinski definition) is 1. The smallest absolute Gasteiger partial charge is 0.244 e. The second-order valence-corrected chi connectivity index (χ2v) is 13.2. The van der Waals surface area contributed by atoms with Gasteiger partial charge in [0.15, 0.2) is 0 Å². The number of benzene rings is 1. The summed E-state index contributed by atoms with van der Waals surface area (Å²) < 4.78 is 5.55. The second kappa shape index (κ2) is 9.63. The van der Waals surface area contributed by atoms with Crippen LogP contribution in [0.5, 0.6) is 5.75 Å². The van der Waals surface area contributed by atoms with Crippen molar-refractivity contribution in [2.45, 2.75) is 69.9 Å². The van der Waals surface area contributed by atoms with Gasteiger partial charge in [-0.2, -0.15) is 0 Å². The van der Waals surface area contributed by atoms with E-state index in [4.69, 9.17) is 9.57 Å². The number of piperidine rings is 3. The highest BCUT2D eigenvalue weighted by molar-refractivity contribution is 5.84. The van der Waals surface area contributed by atoms with E-state index in [9.17, 15) is 4.79 Å². The maximum atomic E-state index is 13.5. The first-order valence-electron chi connectivity index (χ1n) is 14.8. The third kappa shape index (κ3) is 4.34. The van der Waals surface area contributed by atoms with Gasteiger partial charge in [-0.15, -0.1) is 6.58 Å². The number of aromatic nitrogens is 1. The predicted molar refractivity (Wildman–Crippen MR) is 147 cm³/mol. The lowest BCUT2D eigenvalue weighted by Gasteiger charge is -2.56. The Morgan fingerprint density at radius 1 is 1.18 bits per heavy atom. The Labute approximate surface area is 226 Å². The molecule has 6 heteroatoms. The summed E-state index contributed by atoms with van der Waals surface area (Å²) in [5.74, 6) is 4.50. The first kappa shape index (κ1) is 24.6. The van der Waals surface area contributed by atoms with E-state index < -0.39 is 0 Å². The second-order valence-electron chi connectivity index (χ2n) is 13.2. The van der Waals surface area contributed by atoms with Crippen LogP contribution in [-0.2, 0) is 9.63 Å².